The maximum absolute atomic E-state index is 12.3. The first-order valence-corrected chi connectivity index (χ1v) is 8.09. The van der Waals surface area contributed by atoms with Gasteiger partial charge in [-0.1, -0.05) is 5.16 Å². The number of likely N-dealkylation sites (N-methyl/N-ethyl adjacent to an activating group) is 1. The molecule has 1 aromatic carbocycles. The molecule has 4 rings (SSSR count). The molecule has 1 aliphatic carbocycles. The van der Waals surface area contributed by atoms with Crippen LogP contribution in [0.15, 0.2) is 28.8 Å². The second kappa shape index (κ2) is 5.74. The summed E-state index contributed by atoms with van der Waals surface area (Å²) in [5.74, 6) is 1.56. The molecule has 0 spiro atoms. The number of rotatable bonds is 4. The van der Waals surface area contributed by atoms with Crippen molar-refractivity contribution in [2.45, 2.75) is 31.2 Å². The minimum atomic E-state index is -0.182. The number of hydrogen-bond donors (Lipinski definition) is 1. The second-order valence-electron chi connectivity index (χ2n) is 6.46. The molecule has 2 aromatic rings. The molecule has 1 unspecified atom stereocenters. The highest BCUT2D eigenvalue weighted by molar-refractivity contribution is 5.95. The zero-order valence-corrected chi connectivity index (χ0v) is 13.4. The van der Waals surface area contributed by atoms with Crippen molar-refractivity contribution in [2.24, 2.45) is 0 Å². The molecule has 24 heavy (non-hydrogen) atoms. The summed E-state index contributed by atoms with van der Waals surface area (Å²) in [7, 11) is 1.74. The lowest BCUT2D eigenvalue weighted by Gasteiger charge is -2.12. The summed E-state index contributed by atoms with van der Waals surface area (Å²) in [5, 5.41) is 6.88. The monoisotopic (exact) mass is 326 g/mol. The van der Waals surface area contributed by atoms with Crippen molar-refractivity contribution in [1.29, 1.82) is 0 Å². The Morgan fingerprint density at radius 3 is 2.67 bits per heavy atom. The first kappa shape index (κ1) is 14.9. The third-order valence-electron chi connectivity index (χ3n) is 4.45. The third-order valence-corrected chi connectivity index (χ3v) is 4.45. The third kappa shape index (κ3) is 2.89. The van der Waals surface area contributed by atoms with E-state index in [1.807, 2.05) is 0 Å². The summed E-state index contributed by atoms with van der Waals surface area (Å²) >= 11 is 0. The summed E-state index contributed by atoms with van der Waals surface area (Å²) in [6.07, 6.45) is 2.60. The van der Waals surface area contributed by atoms with Gasteiger partial charge in [0.1, 0.15) is 0 Å². The van der Waals surface area contributed by atoms with Crippen molar-refractivity contribution in [1.82, 2.24) is 20.4 Å². The normalized spacial score (nSPS) is 20.5. The van der Waals surface area contributed by atoms with Crippen LogP contribution in [0, 0.1) is 0 Å². The maximum atomic E-state index is 12.3. The highest BCUT2D eigenvalue weighted by Crippen LogP contribution is 2.38. The van der Waals surface area contributed by atoms with Crippen LogP contribution >= 0.6 is 0 Å². The molecule has 1 saturated heterocycles. The first-order valence-electron chi connectivity index (χ1n) is 8.09. The summed E-state index contributed by atoms with van der Waals surface area (Å²) in [6, 6.07) is 6.92. The van der Waals surface area contributed by atoms with E-state index in [1.165, 1.54) is 0 Å². The Balaban J connectivity index is 1.43. The Kier molecular flexibility index (Phi) is 3.55. The topological polar surface area (TPSA) is 88.3 Å². The van der Waals surface area contributed by atoms with Crippen LogP contribution in [-0.2, 0) is 4.79 Å². The number of likely N-dealkylation sites (tertiary alicyclic amines) is 1. The number of aromatic nitrogens is 2. The van der Waals surface area contributed by atoms with E-state index in [-0.39, 0.29) is 17.9 Å². The van der Waals surface area contributed by atoms with E-state index in [0.29, 0.717) is 30.3 Å². The van der Waals surface area contributed by atoms with Crippen LogP contribution < -0.4 is 5.32 Å². The number of nitrogens with one attached hydrogen (secondary N) is 1. The minimum absolute atomic E-state index is 0.0542. The van der Waals surface area contributed by atoms with Crippen molar-refractivity contribution < 1.29 is 14.1 Å². The fraction of sp³-hybridized carbons (Fsp3) is 0.412. The second-order valence-corrected chi connectivity index (χ2v) is 6.46. The van der Waals surface area contributed by atoms with Gasteiger partial charge in [0.2, 0.25) is 5.91 Å². The van der Waals surface area contributed by atoms with Crippen LogP contribution in [0.1, 0.15) is 41.4 Å². The van der Waals surface area contributed by atoms with Crippen LogP contribution in [-0.4, -0.2) is 46.5 Å². The Hall–Kier alpha value is -2.70. The van der Waals surface area contributed by atoms with Crippen molar-refractivity contribution in [3.8, 4) is 11.5 Å². The number of carbonyl (C=O) groups is 2. The molecular formula is C17H18N4O3. The molecule has 1 atom stereocenters. The van der Waals surface area contributed by atoms with Crippen molar-refractivity contribution in [2.75, 3.05) is 13.6 Å². The number of hydrogen-bond acceptors (Lipinski definition) is 5. The Morgan fingerprint density at radius 1 is 1.29 bits per heavy atom. The minimum Gasteiger partial charge on any atom is -0.347 e. The fourth-order valence-electron chi connectivity index (χ4n) is 2.85. The predicted molar refractivity (Wildman–Crippen MR) is 85.2 cm³/mol. The highest BCUT2D eigenvalue weighted by atomic mass is 16.5. The van der Waals surface area contributed by atoms with E-state index in [4.69, 9.17) is 4.52 Å². The van der Waals surface area contributed by atoms with Crippen molar-refractivity contribution in [3.05, 3.63) is 35.7 Å². The molecule has 2 fully saturated rings. The zero-order valence-electron chi connectivity index (χ0n) is 13.4. The molecule has 2 heterocycles. The van der Waals surface area contributed by atoms with Gasteiger partial charge in [-0.2, -0.15) is 4.98 Å². The zero-order chi connectivity index (χ0) is 16.7. The van der Waals surface area contributed by atoms with E-state index in [0.717, 1.165) is 24.2 Å². The lowest BCUT2D eigenvalue weighted by molar-refractivity contribution is -0.126. The van der Waals surface area contributed by atoms with Crippen LogP contribution in [0.25, 0.3) is 11.5 Å². The summed E-state index contributed by atoms with van der Waals surface area (Å²) in [4.78, 5) is 29.8. The van der Waals surface area contributed by atoms with Gasteiger partial charge in [0.25, 0.3) is 11.8 Å². The Morgan fingerprint density at radius 2 is 2.04 bits per heavy atom. The van der Waals surface area contributed by atoms with Gasteiger partial charge in [-0.25, -0.2) is 0 Å². The quantitative estimate of drug-likeness (QED) is 0.921. The van der Waals surface area contributed by atoms with Gasteiger partial charge >= 0.3 is 0 Å². The van der Waals surface area contributed by atoms with E-state index in [1.54, 1.807) is 36.2 Å². The number of benzene rings is 1. The Labute approximate surface area is 139 Å². The van der Waals surface area contributed by atoms with E-state index < -0.39 is 0 Å². The average Bonchev–Trinajstić information content (AvgIpc) is 3.22. The first-order chi connectivity index (χ1) is 11.6. The number of carbonyl (C=O) groups excluding carboxylic acids is 2. The largest absolute Gasteiger partial charge is 0.347 e. The average molecular weight is 326 g/mol. The summed E-state index contributed by atoms with van der Waals surface area (Å²) in [6.45, 7) is 0.550. The van der Waals surface area contributed by atoms with Crippen molar-refractivity contribution in [3.63, 3.8) is 0 Å². The van der Waals surface area contributed by atoms with Crippen LogP contribution in [0.2, 0.25) is 0 Å². The van der Waals surface area contributed by atoms with E-state index in [2.05, 4.69) is 15.5 Å². The molecule has 0 radical (unpaired) electrons. The molecule has 1 saturated carbocycles. The smallest absolute Gasteiger partial charge is 0.257 e. The van der Waals surface area contributed by atoms with Crippen LogP contribution in [0.4, 0.5) is 0 Å². The summed E-state index contributed by atoms with van der Waals surface area (Å²) in [5.41, 5.74) is 1.34. The Bertz CT molecular complexity index is 779. The van der Waals surface area contributed by atoms with Gasteiger partial charge in [0.15, 0.2) is 5.82 Å². The SMILES string of the molecule is CN1CC(NC(=O)c2ccc(-c3nc(C4CC4)no3)cc2)CC1=O. The lowest BCUT2D eigenvalue weighted by atomic mass is 10.1. The molecule has 124 valence electrons. The molecule has 0 bridgehead atoms. The maximum Gasteiger partial charge on any atom is 0.257 e. The lowest BCUT2D eigenvalue weighted by Crippen LogP contribution is -2.36. The molecule has 1 N–H and O–H groups in total. The molecule has 2 amide bonds. The predicted octanol–water partition coefficient (Wildman–Crippen LogP) is 1.57. The highest BCUT2D eigenvalue weighted by Gasteiger charge is 2.29. The van der Waals surface area contributed by atoms with Crippen LogP contribution in [0.3, 0.4) is 0 Å². The molecule has 7 nitrogen and oxygen atoms in total. The van der Waals surface area contributed by atoms with Gasteiger partial charge in [0.05, 0.1) is 6.04 Å². The van der Waals surface area contributed by atoms with Gasteiger partial charge in [-0.3, -0.25) is 9.59 Å². The molecule has 1 aromatic heterocycles. The van der Waals surface area contributed by atoms with E-state index in [9.17, 15) is 9.59 Å². The van der Waals surface area contributed by atoms with Gasteiger partial charge < -0.3 is 14.7 Å². The van der Waals surface area contributed by atoms with Gasteiger partial charge in [0, 0.05) is 37.1 Å². The molecular weight excluding hydrogens is 308 g/mol. The molecule has 2 aliphatic rings. The summed E-state index contributed by atoms with van der Waals surface area (Å²) < 4.78 is 5.28. The number of nitrogens with zero attached hydrogens (tertiary/aromatic N) is 3. The fourth-order valence-corrected chi connectivity index (χ4v) is 2.85. The molecule has 7 heteroatoms. The van der Waals surface area contributed by atoms with Crippen LogP contribution in [0.5, 0.6) is 0 Å². The molecule has 1 aliphatic heterocycles. The van der Waals surface area contributed by atoms with Crippen molar-refractivity contribution >= 4 is 11.8 Å². The van der Waals surface area contributed by atoms with E-state index >= 15 is 0 Å². The standard InChI is InChI=1S/C17H18N4O3/c1-21-9-13(8-14(21)22)18-16(23)11-4-6-12(7-5-11)17-19-15(20-24-17)10-2-3-10/h4-7,10,13H,2-3,8-9H2,1H3,(H,18,23). The van der Waals surface area contributed by atoms with Gasteiger partial charge in [-0.15, -0.1) is 0 Å². The number of amides is 2. The van der Waals surface area contributed by atoms with Gasteiger partial charge in [-0.05, 0) is 37.1 Å².